The van der Waals surface area contributed by atoms with Crippen molar-refractivity contribution in [3.63, 3.8) is 0 Å². The molecular weight excluding hydrogens is 372 g/mol. The van der Waals surface area contributed by atoms with Crippen LogP contribution in [0.25, 0.3) is 0 Å². The first kappa shape index (κ1) is 20.8. The second-order valence-corrected chi connectivity index (χ2v) is 8.42. The number of β-amino-alcohol motifs (C(OH)–C–C–N with tert-alkyl or cyclic N) is 1. The van der Waals surface area contributed by atoms with Gasteiger partial charge >= 0.3 is 0 Å². The molecule has 0 saturated carbocycles. The van der Waals surface area contributed by atoms with Crippen LogP contribution in [-0.4, -0.2) is 57.2 Å². The van der Waals surface area contributed by atoms with Crippen LogP contribution in [0.2, 0.25) is 0 Å². The second kappa shape index (κ2) is 9.13. The standard InChI is InChI=1S/C25H32N4O/c1-19-9-10-22(20(2)17-19)23(30)18-28-13-15-29(16-14-28)24(21-7-5-4-6-8-21)25-26-11-12-27(25)3/h4-12,17,23-24,30H,13-16,18H2,1-3H3/t23-,24-/m1/s1. The van der Waals surface area contributed by atoms with E-state index < -0.39 is 6.10 Å². The maximum absolute atomic E-state index is 10.8. The van der Waals surface area contributed by atoms with Gasteiger partial charge in [-0.2, -0.15) is 0 Å². The number of hydrogen-bond acceptors (Lipinski definition) is 4. The molecule has 158 valence electrons. The highest BCUT2D eigenvalue weighted by Gasteiger charge is 2.29. The summed E-state index contributed by atoms with van der Waals surface area (Å²) in [5, 5.41) is 10.8. The minimum Gasteiger partial charge on any atom is -0.387 e. The number of aliphatic hydroxyl groups is 1. The Hall–Kier alpha value is -2.47. The molecule has 0 radical (unpaired) electrons. The largest absolute Gasteiger partial charge is 0.387 e. The lowest BCUT2D eigenvalue weighted by molar-refractivity contribution is 0.0603. The van der Waals surface area contributed by atoms with Crippen LogP contribution >= 0.6 is 0 Å². The Morgan fingerprint density at radius 2 is 1.73 bits per heavy atom. The van der Waals surface area contributed by atoms with Crippen LogP contribution < -0.4 is 0 Å². The minimum atomic E-state index is -0.448. The average Bonchev–Trinajstić information content (AvgIpc) is 3.16. The smallest absolute Gasteiger partial charge is 0.130 e. The molecule has 1 aliphatic heterocycles. The molecule has 1 N–H and O–H groups in total. The summed E-state index contributed by atoms with van der Waals surface area (Å²) in [5.41, 5.74) is 4.71. The van der Waals surface area contributed by atoms with Crippen LogP contribution in [0, 0.1) is 13.8 Å². The third-order valence-corrected chi connectivity index (χ3v) is 6.21. The number of aryl methyl sites for hydroxylation is 3. The molecule has 0 unspecified atom stereocenters. The van der Waals surface area contributed by atoms with Crippen LogP contribution in [0.5, 0.6) is 0 Å². The number of rotatable bonds is 6. The molecule has 1 aromatic heterocycles. The van der Waals surface area contributed by atoms with Gasteiger partial charge in [0, 0.05) is 52.2 Å². The van der Waals surface area contributed by atoms with Crippen molar-refractivity contribution in [2.45, 2.75) is 26.0 Å². The minimum absolute atomic E-state index is 0.151. The Morgan fingerprint density at radius 1 is 1.00 bits per heavy atom. The molecule has 3 aromatic rings. The fourth-order valence-electron chi connectivity index (χ4n) is 4.55. The third-order valence-electron chi connectivity index (χ3n) is 6.21. The molecule has 0 bridgehead atoms. The van der Waals surface area contributed by atoms with Crippen LogP contribution in [0.15, 0.2) is 60.9 Å². The van der Waals surface area contributed by atoms with Gasteiger partial charge in [0.2, 0.25) is 0 Å². The van der Waals surface area contributed by atoms with Crippen molar-refractivity contribution in [1.29, 1.82) is 0 Å². The van der Waals surface area contributed by atoms with E-state index in [9.17, 15) is 5.11 Å². The number of aromatic nitrogens is 2. The van der Waals surface area contributed by atoms with E-state index in [4.69, 9.17) is 0 Å². The summed E-state index contributed by atoms with van der Waals surface area (Å²) in [6, 6.07) is 17.1. The molecule has 1 aliphatic rings. The molecule has 30 heavy (non-hydrogen) atoms. The Balaban J connectivity index is 1.44. The fraction of sp³-hybridized carbons (Fsp3) is 0.400. The summed E-state index contributed by atoms with van der Waals surface area (Å²) in [7, 11) is 2.06. The Morgan fingerprint density at radius 3 is 2.37 bits per heavy atom. The van der Waals surface area contributed by atoms with E-state index in [-0.39, 0.29) is 6.04 Å². The fourth-order valence-corrected chi connectivity index (χ4v) is 4.55. The summed E-state index contributed by atoms with van der Waals surface area (Å²) in [4.78, 5) is 9.55. The highest BCUT2D eigenvalue weighted by Crippen LogP contribution is 2.29. The van der Waals surface area contributed by atoms with Gasteiger partial charge in [-0.05, 0) is 30.5 Å². The molecule has 0 aliphatic carbocycles. The van der Waals surface area contributed by atoms with Crippen molar-refractivity contribution < 1.29 is 5.11 Å². The molecule has 0 spiro atoms. The quantitative estimate of drug-likeness (QED) is 0.683. The monoisotopic (exact) mass is 404 g/mol. The SMILES string of the molecule is Cc1ccc([C@H](O)CN2CCN([C@H](c3ccccc3)c3nccn3C)CC2)c(C)c1. The van der Waals surface area contributed by atoms with Gasteiger partial charge in [0.05, 0.1) is 12.1 Å². The van der Waals surface area contributed by atoms with Crippen molar-refractivity contribution in [2.24, 2.45) is 7.05 Å². The maximum atomic E-state index is 10.8. The average molecular weight is 405 g/mol. The first-order valence-electron chi connectivity index (χ1n) is 10.8. The zero-order valence-electron chi connectivity index (χ0n) is 18.2. The van der Waals surface area contributed by atoms with E-state index in [1.54, 1.807) is 0 Å². The van der Waals surface area contributed by atoms with E-state index in [0.29, 0.717) is 6.54 Å². The predicted octanol–water partition coefficient (Wildman–Crippen LogP) is 3.48. The van der Waals surface area contributed by atoms with Crippen molar-refractivity contribution in [2.75, 3.05) is 32.7 Å². The molecule has 4 rings (SSSR count). The Kier molecular flexibility index (Phi) is 6.32. The molecule has 5 heteroatoms. The van der Waals surface area contributed by atoms with Gasteiger partial charge < -0.3 is 9.67 Å². The lowest BCUT2D eigenvalue weighted by atomic mass is 10.00. The summed E-state index contributed by atoms with van der Waals surface area (Å²) >= 11 is 0. The first-order valence-corrected chi connectivity index (χ1v) is 10.8. The third kappa shape index (κ3) is 4.48. The topological polar surface area (TPSA) is 44.5 Å². The molecule has 1 fully saturated rings. The summed E-state index contributed by atoms with van der Waals surface area (Å²) < 4.78 is 2.12. The van der Waals surface area contributed by atoms with Gasteiger partial charge in [0.25, 0.3) is 0 Å². The molecule has 0 amide bonds. The van der Waals surface area contributed by atoms with E-state index >= 15 is 0 Å². The normalized spacial score (nSPS) is 17.7. The maximum Gasteiger partial charge on any atom is 0.130 e. The van der Waals surface area contributed by atoms with Crippen LogP contribution in [-0.2, 0) is 7.05 Å². The zero-order chi connectivity index (χ0) is 21.1. The molecule has 2 heterocycles. The van der Waals surface area contributed by atoms with Crippen molar-refractivity contribution >= 4 is 0 Å². The van der Waals surface area contributed by atoms with Gasteiger partial charge in [0.1, 0.15) is 5.82 Å². The summed E-state index contributed by atoms with van der Waals surface area (Å²) in [6.45, 7) is 8.63. The molecule has 1 saturated heterocycles. The summed E-state index contributed by atoms with van der Waals surface area (Å²) in [5.74, 6) is 1.07. The predicted molar refractivity (Wildman–Crippen MR) is 120 cm³/mol. The van der Waals surface area contributed by atoms with Crippen LogP contribution in [0.3, 0.4) is 0 Å². The van der Waals surface area contributed by atoms with Gasteiger partial charge in [-0.1, -0.05) is 54.1 Å². The van der Waals surface area contributed by atoms with Gasteiger partial charge in [0.15, 0.2) is 0 Å². The second-order valence-electron chi connectivity index (χ2n) is 8.42. The van der Waals surface area contributed by atoms with E-state index in [2.05, 4.69) is 88.8 Å². The number of benzene rings is 2. The number of hydrogen-bond donors (Lipinski definition) is 1. The number of aliphatic hydroxyl groups excluding tert-OH is 1. The number of imidazole rings is 1. The molecule has 2 aromatic carbocycles. The lowest BCUT2D eigenvalue weighted by Gasteiger charge is -2.39. The van der Waals surface area contributed by atoms with Crippen molar-refractivity contribution in [3.05, 3.63) is 89.0 Å². The highest BCUT2D eigenvalue weighted by molar-refractivity contribution is 5.32. The van der Waals surface area contributed by atoms with Gasteiger partial charge in [-0.3, -0.25) is 9.80 Å². The number of nitrogens with zero attached hydrogens (tertiary/aromatic N) is 4. The first-order chi connectivity index (χ1) is 14.5. The molecule has 5 nitrogen and oxygen atoms in total. The van der Waals surface area contributed by atoms with Crippen LogP contribution in [0.4, 0.5) is 0 Å². The van der Waals surface area contributed by atoms with Crippen LogP contribution in [0.1, 0.15) is 40.2 Å². The van der Waals surface area contributed by atoms with Crippen molar-refractivity contribution in [1.82, 2.24) is 19.4 Å². The highest BCUT2D eigenvalue weighted by atomic mass is 16.3. The van der Waals surface area contributed by atoms with E-state index in [0.717, 1.165) is 37.6 Å². The summed E-state index contributed by atoms with van der Waals surface area (Å²) in [6.07, 6.45) is 3.44. The van der Waals surface area contributed by atoms with E-state index in [1.807, 2.05) is 12.4 Å². The molecule has 2 atom stereocenters. The van der Waals surface area contributed by atoms with Gasteiger partial charge in [-0.15, -0.1) is 0 Å². The molecular formula is C25H32N4O. The Bertz CT molecular complexity index is 960. The lowest BCUT2D eigenvalue weighted by Crippen LogP contribution is -2.49. The van der Waals surface area contributed by atoms with Gasteiger partial charge in [-0.25, -0.2) is 4.98 Å². The van der Waals surface area contributed by atoms with E-state index in [1.165, 1.54) is 16.7 Å². The zero-order valence-corrected chi connectivity index (χ0v) is 18.2. The Labute approximate surface area is 179 Å². The number of piperazine rings is 1. The van der Waals surface area contributed by atoms with Crippen molar-refractivity contribution in [3.8, 4) is 0 Å².